The van der Waals surface area contributed by atoms with Gasteiger partial charge in [-0.25, -0.2) is 13.6 Å². The topological polar surface area (TPSA) is 111 Å². The first-order chi connectivity index (χ1) is 10.8. The maximum atomic E-state index is 13.1. The number of hydrogen-bond donors (Lipinski definition) is 3. The zero-order chi connectivity index (χ0) is 17.5. The van der Waals surface area contributed by atoms with Crippen molar-refractivity contribution < 1.29 is 27.9 Å². The van der Waals surface area contributed by atoms with E-state index in [0.717, 1.165) is 6.92 Å². The van der Waals surface area contributed by atoms with Crippen LogP contribution < -0.4 is 16.4 Å². The van der Waals surface area contributed by atoms with E-state index in [9.17, 15) is 23.2 Å². The quantitative estimate of drug-likeness (QED) is 0.678. The summed E-state index contributed by atoms with van der Waals surface area (Å²) < 4.78 is 31.1. The van der Waals surface area contributed by atoms with E-state index < -0.39 is 36.4 Å². The molecule has 4 N–H and O–H groups in total. The Morgan fingerprint density at radius 3 is 2.39 bits per heavy atom. The predicted molar refractivity (Wildman–Crippen MR) is 76.4 cm³/mol. The lowest BCUT2D eigenvalue weighted by molar-refractivity contribution is -0.134. The highest BCUT2D eigenvalue weighted by Crippen LogP contribution is 2.16. The molecular weight excluding hydrogens is 312 g/mol. The standard InChI is InChI=1S/C14H17F2N3O4/c1-14(11(15)16,12(21)18-7-10(17)20)19-13(22)23-8-9-5-3-2-4-6-9/h2-6,11H,7-8H2,1H3,(H2,17,20)(H,18,21)(H,19,22)/t14-/m0/s1. The SMILES string of the molecule is C[C@@](NC(=O)OCc1ccccc1)(C(=O)NCC(N)=O)C(F)F. The van der Waals surface area contributed by atoms with E-state index in [1.165, 1.54) is 0 Å². The van der Waals surface area contributed by atoms with Crippen molar-refractivity contribution in [1.82, 2.24) is 10.6 Å². The summed E-state index contributed by atoms with van der Waals surface area (Å²) in [6.45, 7) is 0.0502. The zero-order valence-electron chi connectivity index (χ0n) is 12.3. The number of rotatable bonds is 7. The Hall–Kier alpha value is -2.71. The third-order valence-corrected chi connectivity index (χ3v) is 2.91. The molecule has 0 bridgehead atoms. The smallest absolute Gasteiger partial charge is 0.408 e. The van der Waals surface area contributed by atoms with Gasteiger partial charge in [0.15, 0.2) is 5.54 Å². The van der Waals surface area contributed by atoms with Gasteiger partial charge in [0.1, 0.15) is 6.61 Å². The predicted octanol–water partition coefficient (Wildman–Crippen LogP) is 0.538. The molecule has 126 valence electrons. The second kappa shape index (κ2) is 8.06. The third-order valence-electron chi connectivity index (χ3n) is 2.91. The molecule has 9 heteroatoms. The summed E-state index contributed by atoms with van der Waals surface area (Å²) in [7, 11) is 0. The molecule has 0 aliphatic rings. The van der Waals surface area contributed by atoms with Gasteiger partial charge in [-0.2, -0.15) is 0 Å². The number of halogens is 2. The Morgan fingerprint density at radius 1 is 1.26 bits per heavy atom. The van der Waals surface area contributed by atoms with Crippen molar-refractivity contribution in [3.05, 3.63) is 35.9 Å². The molecule has 1 atom stereocenters. The molecular formula is C14H17F2N3O4. The van der Waals surface area contributed by atoms with Crippen molar-refractivity contribution in [3.63, 3.8) is 0 Å². The highest BCUT2D eigenvalue weighted by Gasteiger charge is 2.44. The summed E-state index contributed by atoms with van der Waals surface area (Å²) in [5.74, 6) is -2.15. The molecule has 0 fully saturated rings. The van der Waals surface area contributed by atoms with Crippen LogP contribution >= 0.6 is 0 Å². The lowest BCUT2D eigenvalue weighted by atomic mass is 10.0. The van der Waals surface area contributed by atoms with Crippen LogP contribution in [0.25, 0.3) is 0 Å². The van der Waals surface area contributed by atoms with Gasteiger partial charge in [-0.3, -0.25) is 9.59 Å². The number of ether oxygens (including phenoxy) is 1. The Morgan fingerprint density at radius 2 is 1.87 bits per heavy atom. The first-order valence-electron chi connectivity index (χ1n) is 6.59. The van der Waals surface area contributed by atoms with Gasteiger partial charge in [-0.15, -0.1) is 0 Å². The fourth-order valence-corrected chi connectivity index (χ4v) is 1.53. The van der Waals surface area contributed by atoms with Crippen molar-refractivity contribution in [2.45, 2.75) is 25.5 Å². The molecule has 1 aromatic carbocycles. The summed E-state index contributed by atoms with van der Waals surface area (Å²) in [5.41, 5.74) is 2.92. The second-order valence-corrected chi connectivity index (χ2v) is 4.84. The fourth-order valence-electron chi connectivity index (χ4n) is 1.53. The van der Waals surface area contributed by atoms with Crippen LogP contribution in [0.1, 0.15) is 12.5 Å². The highest BCUT2D eigenvalue weighted by atomic mass is 19.3. The number of amides is 3. The van der Waals surface area contributed by atoms with Crippen LogP contribution in [-0.2, 0) is 20.9 Å². The van der Waals surface area contributed by atoms with E-state index in [1.54, 1.807) is 30.3 Å². The summed E-state index contributed by atoms with van der Waals surface area (Å²) in [5, 5.41) is 3.73. The van der Waals surface area contributed by atoms with Crippen molar-refractivity contribution in [1.29, 1.82) is 0 Å². The number of carbonyl (C=O) groups is 3. The molecule has 0 saturated heterocycles. The highest BCUT2D eigenvalue weighted by molar-refractivity contribution is 5.92. The Bertz CT molecular complexity index is 568. The molecule has 0 aliphatic carbocycles. The van der Waals surface area contributed by atoms with E-state index in [2.05, 4.69) is 0 Å². The third kappa shape index (κ3) is 5.53. The van der Waals surface area contributed by atoms with Gasteiger partial charge >= 0.3 is 6.09 Å². The van der Waals surface area contributed by atoms with Gasteiger partial charge in [-0.1, -0.05) is 30.3 Å². The Kier molecular flexibility index (Phi) is 6.43. The van der Waals surface area contributed by atoms with Crippen LogP contribution in [0.3, 0.4) is 0 Å². The average molecular weight is 329 g/mol. The van der Waals surface area contributed by atoms with Crippen molar-refractivity contribution in [3.8, 4) is 0 Å². The Labute approximate surface area is 131 Å². The molecule has 1 aromatic rings. The number of nitrogens with one attached hydrogen (secondary N) is 2. The van der Waals surface area contributed by atoms with Crippen molar-refractivity contribution in [2.24, 2.45) is 5.73 Å². The van der Waals surface area contributed by atoms with E-state index in [1.807, 2.05) is 10.6 Å². The van der Waals surface area contributed by atoms with Crippen LogP contribution in [0.5, 0.6) is 0 Å². The average Bonchev–Trinajstić information content (AvgIpc) is 2.51. The molecule has 0 aromatic heterocycles. The van der Waals surface area contributed by atoms with Crippen LogP contribution in [0, 0.1) is 0 Å². The van der Waals surface area contributed by atoms with E-state index in [4.69, 9.17) is 10.5 Å². The largest absolute Gasteiger partial charge is 0.445 e. The number of alkyl halides is 2. The molecule has 0 spiro atoms. The maximum absolute atomic E-state index is 13.1. The molecule has 0 unspecified atom stereocenters. The summed E-state index contributed by atoms with van der Waals surface area (Å²) in [6.07, 6.45) is -4.41. The van der Waals surface area contributed by atoms with Gasteiger partial charge in [0, 0.05) is 0 Å². The normalized spacial score (nSPS) is 13.0. The maximum Gasteiger partial charge on any atom is 0.408 e. The minimum absolute atomic E-state index is 0.144. The van der Waals surface area contributed by atoms with Crippen LogP contribution in [0.15, 0.2) is 30.3 Å². The summed E-state index contributed by atoms with van der Waals surface area (Å²) in [4.78, 5) is 34.0. The van der Waals surface area contributed by atoms with Crippen molar-refractivity contribution in [2.75, 3.05) is 6.54 Å². The molecule has 23 heavy (non-hydrogen) atoms. The lowest BCUT2D eigenvalue weighted by Gasteiger charge is -2.27. The van der Waals surface area contributed by atoms with Gasteiger partial charge < -0.3 is 21.1 Å². The van der Waals surface area contributed by atoms with Crippen molar-refractivity contribution >= 4 is 17.9 Å². The van der Waals surface area contributed by atoms with E-state index in [-0.39, 0.29) is 6.61 Å². The molecule has 0 radical (unpaired) electrons. The van der Waals surface area contributed by atoms with Gasteiger partial charge in [0.2, 0.25) is 5.91 Å². The van der Waals surface area contributed by atoms with Gasteiger partial charge in [0.05, 0.1) is 6.54 Å². The van der Waals surface area contributed by atoms with E-state index in [0.29, 0.717) is 5.56 Å². The number of primary amides is 1. The zero-order valence-corrected chi connectivity index (χ0v) is 12.3. The molecule has 0 aliphatic heterocycles. The number of nitrogens with two attached hydrogens (primary N) is 1. The summed E-state index contributed by atoms with van der Waals surface area (Å²) in [6, 6.07) is 8.56. The number of hydrogen-bond acceptors (Lipinski definition) is 4. The molecule has 3 amide bonds. The fraction of sp³-hybridized carbons (Fsp3) is 0.357. The van der Waals surface area contributed by atoms with Crippen LogP contribution in [-0.4, -0.2) is 36.4 Å². The minimum atomic E-state index is -3.22. The molecule has 0 saturated carbocycles. The molecule has 7 nitrogen and oxygen atoms in total. The first kappa shape index (κ1) is 18.3. The lowest BCUT2D eigenvalue weighted by Crippen LogP contribution is -2.62. The van der Waals surface area contributed by atoms with E-state index >= 15 is 0 Å². The molecule has 1 rings (SSSR count). The minimum Gasteiger partial charge on any atom is -0.445 e. The molecule has 0 heterocycles. The Balaban J connectivity index is 2.65. The second-order valence-electron chi connectivity index (χ2n) is 4.84. The van der Waals surface area contributed by atoms with Crippen LogP contribution in [0.4, 0.5) is 13.6 Å². The number of alkyl carbamates (subject to hydrolysis) is 1. The van der Waals surface area contributed by atoms with Gasteiger partial charge in [0.25, 0.3) is 12.3 Å². The monoisotopic (exact) mass is 329 g/mol. The first-order valence-corrected chi connectivity index (χ1v) is 6.59. The van der Waals surface area contributed by atoms with Gasteiger partial charge in [-0.05, 0) is 12.5 Å². The summed E-state index contributed by atoms with van der Waals surface area (Å²) >= 11 is 0. The number of carbonyl (C=O) groups excluding carboxylic acids is 3. The van der Waals surface area contributed by atoms with Crippen LogP contribution in [0.2, 0.25) is 0 Å². The number of benzene rings is 1.